The zero-order valence-corrected chi connectivity index (χ0v) is 20.8. The van der Waals surface area contributed by atoms with Gasteiger partial charge < -0.3 is 4.57 Å². The van der Waals surface area contributed by atoms with Crippen LogP contribution in [0, 0.1) is 0 Å². The quantitative estimate of drug-likeness (QED) is 0.160. The zero-order valence-electron chi connectivity index (χ0n) is 20.8. The summed E-state index contributed by atoms with van der Waals surface area (Å²) in [7, 11) is 0. The van der Waals surface area contributed by atoms with Crippen LogP contribution in [0.3, 0.4) is 0 Å². The maximum Gasteiger partial charge on any atom is 0.416 e. The second-order valence-corrected chi connectivity index (χ2v) is 9.16. The van der Waals surface area contributed by atoms with Gasteiger partial charge in [-0.1, -0.05) is 42.5 Å². The van der Waals surface area contributed by atoms with Gasteiger partial charge >= 0.3 is 12.4 Å². The van der Waals surface area contributed by atoms with E-state index in [-0.39, 0.29) is 37.1 Å². The van der Waals surface area contributed by atoms with E-state index in [1.165, 1.54) is 52.6 Å². The molecule has 0 atom stereocenters. The van der Waals surface area contributed by atoms with Crippen molar-refractivity contribution in [1.29, 1.82) is 0 Å². The average molecular weight is 563 g/mol. The molecule has 0 aliphatic heterocycles. The standard InChI is InChI=1S/C28H23F6N3O3/c29-27(30,31)22-5-1-3-18(13-22)16-36(17-19-4-2-6-23(14-19)28(32,33)34)11-12-37-10-9-20-7-8-21(25(38)35-40)15-24(20)26(37)39/h1-10,13-15,40H,11-12,16-17H2,(H,35,38). The van der Waals surface area contributed by atoms with Gasteiger partial charge in [0.25, 0.3) is 11.5 Å². The van der Waals surface area contributed by atoms with Crippen molar-refractivity contribution in [3.8, 4) is 0 Å². The molecule has 1 heterocycles. The average Bonchev–Trinajstić information content (AvgIpc) is 2.91. The van der Waals surface area contributed by atoms with Crippen molar-refractivity contribution < 1.29 is 36.3 Å². The van der Waals surface area contributed by atoms with Crippen LogP contribution >= 0.6 is 0 Å². The maximum atomic E-state index is 13.3. The summed E-state index contributed by atoms with van der Waals surface area (Å²) < 4.78 is 80.9. The molecule has 12 heteroatoms. The molecule has 0 saturated carbocycles. The fraction of sp³-hybridized carbons (Fsp3) is 0.214. The molecule has 0 radical (unpaired) electrons. The molecule has 4 aromatic rings. The molecule has 0 fully saturated rings. The third-order valence-corrected chi connectivity index (χ3v) is 6.32. The minimum absolute atomic E-state index is 0.0245. The maximum absolute atomic E-state index is 13.3. The minimum Gasteiger partial charge on any atom is -0.314 e. The van der Waals surface area contributed by atoms with Gasteiger partial charge in [0, 0.05) is 43.3 Å². The molecule has 0 spiro atoms. The van der Waals surface area contributed by atoms with Crippen molar-refractivity contribution in [3.63, 3.8) is 0 Å². The molecule has 0 aliphatic carbocycles. The van der Waals surface area contributed by atoms with Gasteiger partial charge in [0.2, 0.25) is 0 Å². The van der Waals surface area contributed by atoms with Crippen molar-refractivity contribution in [2.45, 2.75) is 32.0 Å². The first-order valence-corrected chi connectivity index (χ1v) is 12.0. The lowest BCUT2D eigenvalue weighted by atomic mass is 10.1. The summed E-state index contributed by atoms with van der Waals surface area (Å²) in [4.78, 5) is 26.6. The second kappa shape index (κ2) is 11.5. The third-order valence-electron chi connectivity index (χ3n) is 6.32. The number of rotatable bonds is 8. The number of carbonyl (C=O) groups excluding carboxylic acids is 1. The summed E-state index contributed by atoms with van der Waals surface area (Å²) in [6, 6.07) is 15.3. The Balaban J connectivity index is 1.63. The van der Waals surface area contributed by atoms with E-state index in [4.69, 9.17) is 5.21 Å². The molecule has 40 heavy (non-hydrogen) atoms. The van der Waals surface area contributed by atoms with E-state index >= 15 is 0 Å². The highest BCUT2D eigenvalue weighted by atomic mass is 19.4. The summed E-state index contributed by atoms with van der Waals surface area (Å²) in [6.45, 7) is 0.116. The number of hydrogen-bond donors (Lipinski definition) is 2. The van der Waals surface area contributed by atoms with Gasteiger partial charge in [0.15, 0.2) is 0 Å². The van der Waals surface area contributed by atoms with Crippen molar-refractivity contribution in [2.24, 2.45) is 0 Å². The Hall–Kier alpha value is -4.16. The monoisotopic (exact) mass is 563 g/mol. The number of amides is 1. The van der Waals surface area contributed by atoms with E-state index in [1.54, 1.807) is 17.0 Å². The Morgan fingerprint density at radius 1 is 0.825 bits per heavy atom. The fourth-order valence-electron chi connectivity index (χ4n) is 4.33. The molecule has 0 unspecified atom stereocenters. The van der Waals surface area contributed by atoms with Crippen LogP contribution in [0.1, 0.15) is 32.6 Å². The summed E-state index contributed by atoms with van der Waals surface area (Å²) >= 11 is 0. The number of hydroxylamine groups is 1. The molecular formula is C28H23F6N3O3. The van der Waals surface area contributed by atoms with E-state index in [2.05, 4.69) is 0 Å². The summed E-state index contributed by atoms with van der Waals surface area (Å²) in [5.74, 6) is -0.801. The number of carbonyl (C=O) groups is 1. The smallest absolute Gasteiger partial charge is 0.314 e. The van der Waals surface area contributed by atoms with Gasteiger partial charge in [-0.15, -0.1) is 0 Å². The molecule has 1 amide bonds. The largest absolute Gasteiger partial charge is 0.416 e. The highest BCUT2D eigenvalue weighted by molar-refractivity contribution is 5.97. The topological polar surface area (TPSA) is 74.6 Å². The fourth-order valence-corrected chi connectivity index (χ4v) is 4.33. The predicted octanol–water partition coefficient (Wildman–Crippen LogP) is 5.86. The first-order valence-electron chi connectivity index (χ1n) is 12.0. The first-order chi connectivity index (χ1) is 18.8. The molecular weight excluding hydrogens is 540 g/mol. The Morgan fingerprint density at radius 2 is 1.40 bits per heavy atom. The van der Waals surface area contributed by atoms with Crippen LogP contribution in [0.25, 0.3) is 10.8 Å². The molecule has 0 aliphatic rings. The van der Waals surface area contributed by atoms with E-state index in [9.17, 15) is 35.9 Å². The summed E-state index contributed by atoms with van der Waals surface area (Å²) in [5.41, 5.74) is -0.00392. The van der Waals surface area contributed by atoms with Gasteiger partial charge in [-0.25, -0.2) is 5.48 Å². The van der Waals surface area contributed by atoms with Crippen LogP contribution in [-0.2, 0) is 32.0 Å². The van der Waals surface area contributed by atoms with Gasteiger partial charge in [0.1, 0.15) is 0 Å². The van der Waals surface area contributed by atoms with Crippen molar-refractivity contribution in [3.05, 3.63) is 117 Å². The highest BCUT2D eigenvalue weighted by Crippen LogP contribution is 2.31. The van der Waals surface area contributed by atoms with Crippen LogP contribution in [-0.4, -0.2) is 27.1 Å². The number of nitrogens with one attached hydrogen (secondary N) is 1. The van der Waals surface area contributed by atoms with Gasteiger partial charge in [-0.05, 0) is 46.8 Å². The highest BCUT2D eigenvalue weighted by Gasteiger charge is 2.31. The van der Waals surface area contributed by atoms with Gasteiger partial charge in [0.05, 0.1) is 11.1 Å². The van der Waals surface area contributed by atoms with Crippen LogP contribution in [0.5, 0.6) is 0 Å². The summed E-state index contributed by atoms with van der Waals surface area (Å²) in [5, 5.41) is 9.62. The lowest BCUT2D eigenvalue weighted by Crippen LogP contribution is -2.30. The molecule has 4 rings (SSSR count). The molecule has 3 aromatic carbocycles. The number of hydrogen-bond acceptors (Lipinski definition) is 4. The van der Waals surface area contributed by atoms with Crippen LogP contribution in [0.4, 0.5) is 26.3 Å². The number of alkyl halides is 6. The molecule has 0 saturated heterocycles. The van der Waals surface area contributed by atoms with Crippen LogP contribution < -0.4 is 11.0 Å². The lowest BCUT2D eigenvalue weighted by molar-refractivity contribution is -0.138. The predicted molar refractivity (Wildman–Crippen MR) is 134 cm³/mol. The van der Waals surface area contributed by atoms with Crippen molar-refractivity contribution in [2.75, 3.05) is 6.54 Å². The van der Waals surface area contributed by atoms with E-state index in [0.29, 0.717) is 16.5 Å². The van der Waals surface area contributed by atoms with Gasteiger partial charge in [-0.2, -0.15) is 26.3 Å². The van der Waals surface area contributed by atoms with Crippen molar-refractivity contribution >= 4 is 16.7 Å². The van der Waals surface area contributed by atoms with Crippen LogP contribution in [0.2, 0.25) is 0 Å². The Kier molecular flexibility index (Phi) is 8.31. The van der Waals surface area contributed by atoms with Crippen LogP contribution in [0.15, 0.2) is 83.8 Å². The second-order valence-electron chi connectivity index (χ2n) is 9.16. The van der Waals surface area contributed by atoms with E-state index in [0.717, 1.165) is 24.3 Å². The third kappa shape index (κ3) is 6.88. The number of benzene rings is 3. The van der Waals surface area contributed by atoms with Gasteiger partial charge in [-0.3, -0.25) is 19.7 Å². The Morgan fingerprint density at radius 3 is 1.93 bits per heavy atom. The SMILES string of the molecule is O=C(NO)c1ccc2ccn(CCN(Cc3cccc(C(F)(F)F)c3)Cc3cccc(C(F)(F)F)c3)c(=O)c2c1. The lowest BCUT2D eigenvalue weighted by Gasteiger charge is -2.24. The molecule has 210 valence electrons. The minimum atomic E-state index is -4.56. The Bertz CT molecular complexity index is 1520. The van der Waals surface area contributed by atoms with E-state index in [1.807, 2.05) is 0 Å². The number of halogens is 6. The number of pyridine rings is 1. The first kappa shape index (κ1) is 28.8. The summed E-state index contributed by atoms with van der Waals surface area (Å²) in [6.07, 6.45) is -7.61. The molecule has 2 N–H and O–H groups in total. The number of aromatic nitrogens is 1. The van der Waals surface area contributed by atoms with E-state index < -0.39 is 34.9 Å². The molecule has 6 nitrogen and oxygen atoms in total. The normalized spacial score (nSPS) is 12.2. The van der Waals surface area contributed by atoms with Crippen molar-refractivity contribution in [1.82, 2.24) is 14.9 Å². The molecule has 0 bridgehead atoms. The Labute approximate surface area is 224 Å². The number of fused-ring (bicyclic) bond motifs is 1. The zero-order chi connectivity index (χ0) is 29.1. The molecule has 1 aromatic heterocycles. The number of nitrogens with zero attached hydrogens (tertiary/aromatic N) is 2.